The second-order valence-electron chi connectivity index (χ2n) is 5.54. The Morgan fingerprint density at radius 1 is 0.565 bits per heavy atom. The first-order chi connectivity index (χ1) is 11.4. The van der Waals surface area contributed by atoms with E-state index in [2.05, 4.69) is 95.9 Å². The van der Waals surface area contributed by atoms with E-state index in [1.54, 1.807) is 0 Å². The Kier molecular flexibility index (Phi) is 5.90. The second-order valence-corrected chi connectivity index (χ2v) is 6.56. The maximum atomic E-state index is 2.49. The van der Waals surface area contributed by atoms with Crippen LogP contribution in [0, 0.1) is 0 Å². The molecule has 0 heterocycles. The molecule has 0 aliphatic heterocycles. The van der Waals surface area contributed by atoms with Crippen molar-refractivity contribution in [3.8, 4) is 0 Å². The fraction of sp³-hybridized carbons (Fsp3) is 0.143. The summed E-state index contributed by atoms with van der Waals surface area (Å²) in [7, 11) is 0. The zero-order valence-electron chi connectivity index (χ0n) is 13.1. The van der Waals surface area contributed by atoms with E-state index in [4.69, 9.17) is 0 Å². The highest BCUT2D eigenvalue weighted by molar-refractivity contribution is 7.99. The van der Waals surface area contributed by atoms with Gasteiger partial charge in [0.15, 0.2) is 0 Å². The van der Waals surface area contributed by atoms with E-state index in [1.165, 1.54) is 16.0 Å². The molecule has 0 saturated carbocycles. The van der Waals surface area contributed by atoms with Gasteiger partial charge >= 0.3 is 0 Å². The Labute approximate surface area is 143 Å². The molecule has 0 fully saturated rings. The number of thioether (sulfide) groups is 1. The zero-order valence-corrected chi connectivity index (χ0v) is 14.0. The van der Waals surface area contributed by atoms with Crippen molar-refractivity contribution in [2.24, 2.45) is 0 Å². The van der Waals surface area contributed by atoms with Gasteiger partial charge in [-0.15, -0.1) is 11.8 Å². The molecule has 0 spiro atoms. The topological polar surface area (TPSA) is 3.24 Å². The largest absolute Gasteiger partial charge is 0.285 e. The van der Waals surface area contributed by atoms with E-state index in [1.807, 2.05) is 11.8 Å². The highest BCUT2D eigenvalue weighted by Crippen LogP contribution is 2.21. The SMILES string of the molecule is c1ccc(CN(CSc2ccccc2)Cc2ccccc2)cc1. The van der Waals surface area contributed by atoms with Crippen molar-refractivity contribution < 1.29 is 0 Å². The Morgan fingerprint density at radius 3 is 1.48 bits per heavy atom. The molecule has 2 heteroatoms. The summed E-state index contributed by atoms with van der Waals surface area (Å²) in [4.78, 5) is 3.81. The number of hydrogen-bond donors (Lipinski definition) is 0. The lowest BCUT2D eigenvalue weighted by atomic mass is 10.2. The first kappa shape index (κ1) is 15.9. The number of rotatable bonds is 7. The predicted octanol–water partition coefficient (Wildman–Crippen LogP) is 5.44. The van der Waals surface area contributed by atoms with Crippen LogP contribution < -0.4 is 0 Å². The number of benzene rings is 3. The van der Waals surface area contributed by atoms with Crippen molar-refractivity contribution in [1.29, 1.82) is 0 Å². The van der Waals surface area contributed by atoms with Crippen LogP contribution in [0.25, 0.3) is 0 Å². The van der Waals surface area contributed by atoms with Crippen molar-refractivity contribution in [2.75, 3.05) is 5.88 Å². The molecular weight excluding hydrogens is 298 g/mol. The van der Waals surface area contributed by atoms with Crippen LogP contribution in [0.5, 0.6) is 0 Å². The fourth-order valence-electron chi connectivity index (χ4n) is 2.51. The van der Waals surface area contributed by atoms with Crippen LogP contribution in [-0.4, -0.2) is 10.8 Å². The lowest BCUT2D eigenvalue weighted by Crippen LogP contribution is -2.22. The van der Waals surface area contributed by atoms with Crippen LogP contribution in [0.1, 0.15) is 11.1 Å². The van der Waals surface area contributed by atoms with Gasteiger partial charge in [-0.1, -0.05) is 78.9 Å². The van der Waals surface area contributed by atoms with Crippen molar-refractivity contribution in [1.82, 2.24) is 4.90 Å². The molecule has 1 nitrogen and oxygen atoms in total. The maximum Gasteiger partial charge on any atom is 0.0498 e. The van der Waals surface area contributed by atoms with Gasteiger partial charge in [-0.2, -0.15) is 0 Å². The van der Waals surface area contributed by atoms with Gasteiger partial charge in [0.1, 0.15) is 0 Å². The standard InChI is InChI=1S/C21H21NS/c1-4-10-19(11-5-1)16-22(17-20-12-6-2-7-13-20)18-23-21-14-8-3-9-15-21/h1-15H,16-18H2. The molecule has 0 amide bonds. The Bertz CT molecular complexity index is 641. The van der Waals surface area contributed by atoms with Crippen molar-refractivity contribution in [3.63, 3.8) is 0 Å². The summed E-state index contributed by atoms with van der Waals surface area (Å²) in [6.45, 7) is 1.94. The molecular formula is C21H21NS. The van der Waals surface area contributed by atoms with Gasteiger partial charge in [0, 0.05) is 23.9 Å². The summed E-state index contributed by atoms with van der Waals surface area (Å²) in [6, 6.07) is 32.0. The number of hydrogen-bond acceptors (Lipinski definition) is 2. The highest BCUT2D eigenvalue weighted by atomic mass is 32.2. The summed E-state index contributed by atoms with van der Waals surface area (Å²) in [5.74, 6) is 0.980. The average molecular weight is 319 g/mol. The molecule has 0 atom stereocenters. The molecule has 0 bridgehead atoms. The summed E-state index contributed by atoms with van der Waals surface area (Å²) >= 11 is 1.89. The van der Waals surface area contributed by atoms with Gasteiger partial charge in [-0.25, -0.2) is 0 Å². The van der Waals surface area contributed by atoms with E-state index < -0.39 is 0 Å². The molecule has 23 heavy (non-hydrogen) atoms. The zero-order chi connectivity index (χ0) is 15.7. The molecule has 3 aromatic rings. The van der Waals surface area contributed by atoms with E-state index in [0.717, 1.165) is 19.0 Å². The Balaban J connectivity index is 1.67. The van der Waals surface area contributed by atoms with Gasteiger partial charge < -0.3 is 0 Å². The lowest BCUT2D eigenvalue weighted by Gasteiger charge is -2.22. The van der Waals surface area contributed by atoms with Crippen molar-refractivity contribution >= 4 is 11.8 Å². The molecule has 3 rings (SSSR count). The third-order valence-corrected chi connectivity index (χ3v) is 4.75. The molecule has 3 aromatic carbocycles. The highest BCUT2D eigenvalue weighted by Gasteiger charge is 2.08. The van der Waals surface area contributed by atoms with Crippen LogP contribution >= 0.6 is 11.8 Å². The maximum absolute atomic E-state index is 2.49. The Morgan fingerprint density at radius 2 is 1.00 bits per heavy atom. The molecule has 0 unspecified atom stereocenters. The lowest BCUT2D eigenvalue weighted by molar-refractivity contribution is 0.305. The van der Waals surface area contributed by atoms with Crippen LogP contribution in [0.2, 0.25) is 0 Å². The van der Waals surface area contributed by atoms with Crippen LogP contribution in [0.3, 0.4) is 0 Å². The normalized spacial score (nSPS) is 10.8. The first-order valence-electron chi connectivity index (χ1n) is 7.88. The average Bonchev–Trinajstić information content (AvgIpc) is 2.62. The number of nitrogens with zero attached hydrogens (tertiary/aromatic N) is 1. The minimum absolute atomic E-state index is 0.968. The fourth-order valence-corrected chi connectivity index (χ4v) is 3.38. The van der Waals surface area contributed by atoms with Crippen LogP contribution in [0.15, 0.2) is 95.9 Å². The second kappa shape index (κ2) is 8.56. The van der Waals surface area contributed by atoms with Gasteiger partial charge in [-0.05, 0) is 23.3 Å². The third-order valence-electron chi connectivity index (χ3n) is 3.66. The first-order valence-corrected chi connectivity index (χ1v) is 8.87. The third kappa shape index (κ3) is 5.27. The van der Waals surface area contributed by atoms with E-state index in [-0.39, 0.29) is 0 Å². The molecule has 0 aliphatic rings. The summed E-state index contributed by atoms with van der Waals surface area (Å²) in [5.41, 5.74) is 2.72. The monoisotopic (exact) mass is 319 g/mol. The summed E-state index contributed by atoms with van der Waals surface area (Å²) in [5, 5.41) is 0. The molecule has 0 aromatic heterocycles. The van der Waals surface area contributed by atoms with Crippen LogP contribution in [-0.2, 0) is 13.1 Å². The quantitative estimate of drug-likeness (QED) is 0.421. The molecule has 116 valence electrons. The minimum atomic E-state index is 0.968. The molecule has 0 radical (unpaired) electrons. The Hall–Kier alpha value is -2.03. The van der Waals surface area contributed by atoms with Gasteiger partial charge in [0.25, 0.3) is 0 Å². The minimum Gasteiger partial charge on any atom is -0.285 e. The molecule has 0 aliphatic carbocycles. The van der Waals surface area contributed by atoms with Gasteiger partial charge in [0.05, 0.1) is 0 Å². The summed E-state index contributed by atoms with van der Waals surface area (Å²) < 4.78 is 0. The molecule has 0 saturated heterocycles. The van der Waals surface area contributed by atoms with Crippen molar-refractivity contribution in [2.45, 2.75) is 18.0 Å². The van der Waals surface area contributed by atoms with E-state index >= 15 is 0 Å². The van der Waals surface area contributed by atoms with Crippen LogP contribution in [0.4, 0.5) is 0 Å². The smallest absolute Gasteiger partial charge is 0.0498 e. The van der Waals surface area contributed by atoms with E-state index in [0.29, 0.717) is 0 Å². The molecule has 0 N–H and O–H groups in total. The summed E-state index contributed by atoms with van der Waals surface area (Å²) in [6.07, 6.45) is 0. The van der Waals surface area contributed by atoms with Crippen molar-refractivity contribution in [3.05, 3.63) is 102 Å². The van der Waals surface area contributed by atoms with Gasteiger partial charge in [0.2, 0.25) is 0 Å². The van der Waals surface area contributed by atoms with Gasteiger partial charge in [-0.3, -0.25) is 4.90 Å². The van der Waals surface area contributed by atoms with E-state index in [9.17, 15) is 0 Å². The predicted molar refractivity (Wildman–Crippen MR) is 99.3 cm³/mol.